The number of amides is 1. The minimum atomic E-state index is -0.354. The lowest BCUT2D eigenvalue weighted by Gasteiger charge is -2.09. The van der Waals surface area contributed by atoms with Crippen molar-refractivity contribution in [1.29, 1.82) is 0 Å². The molecule has 19 heavy (non-hydrogen) atoms. The number of hydrogen-bond donors (Lipinski definition) is 3. The number of halogens is 2. The van der Waals surface area contributed by atoms with E-state index in [1.54, 1.807) is 30.3 Å². The van der Waals surface area contributed by atoms with Crippen LogP contribution in [0.3, 0.4) is 0 Å². The highest BCUT2D eigenvalue weighted by molar-refractivity contribution is 9.10. The lowest BCUT2D eigenvalue weighted by atomic mass is 10.2. The van der Waals surface area contributed by atoms with Crippen LogP contribution in [-0.2, 0) is 0 Å². The van der Waals surface area contributed by atoms with E-state index in [1.807, 2.05) is 0 Å². The molecule has 2 rings (SSSR count). The molecule has 0 atom stereocenters. The van der Waals surface area contributed by atoms with Crippen LogP contribution in [0, 0.1) is 0 Å². The van der Waals surface area contributed by atoms with Gasteiger partial charge in [-0.15, -0.1) is 0 Å². The minimum Gasteiger partial charge on any atom is -0.506 e. The smallest absolute Gasteiger partial charge is 0.256 e. The lowest BCUT2D eigenvalue weighted by molar-refractivity contribution is 0.102. The fourth-order valence-electron chi connectivity index (χ4n) is 1.51. The second-order valence-corrected chi connectivity index (χ2v) is 5.62. The number of phenols is 1. The van der Waals surface area contributed by atoms with E-state index in [4.69, 9.17) is 5.73 Å². The molecule has 0 heterocycles. The topological polar surface area (TPSA) is 75.4 Å². The van der Waals surface area contributed by atoms with E-state index in [1.165, 1.54) is 6.07 Å². The van der Waals surface area contributed by atoms with E-state index < -0.39 is 0 Å². The molecule has 98 valence electrons. The first-order chi connectivity index (χ1) is 8.97. The summed E-state index contributed by atoms with van der Waals surface area (Å²) < 4.78 is 1.39. The Morgan fingerprint density at radius 2 is 1.89 bits per heavy atom. The monoisotopic (exact) mass is 384 g/mol. The molecule has 4 nitrogen and oxygen atoms in total. The van der Waals surface area contributed by atoms with Gasteiger partial charge >= 0.3 is 0 Å². The zero-order valence-corrected chi connectivity index (χ0v) is 12.8. The molecule has 0 saturated heterocycles. The maximum Gasteiger partial charge on any atom is 0.256 e. The van der Waals surface area contributed by atoms with Gasteiger partial charge in [-0.25, -0.2) is 0 Å². The van der Waals surface area contributed by atoms with E-state index in [0.29, 0.717) is 21.4 Å². The summed E-state index contributed by atoms with van der Waals surface area (Å²) in [4.78, 5) is 12.1. The normalized spacial score (nSPS) is 10.2. The Labute approximate surface area is 126 Å². The number of carbonyl (C=O) groups is 1. The molecule has 6 heteroatoms. The van der Waals surface area contributed by atoms with Crippen molar-refractivity contribution < 1.29 is 9.90 Å². The fourth-order valence-corrected chi connectivity index (χ4v) is 2.30. The Bertz CT molecular complexity index is 645. The van der Waals surface area contributed by atoms with E-state index in [-0.39, 0.29) is 11.7 Å². The zero-order chi connectivity index (χ0) is 14.0. The van der Waals surface area contributed by atoms with Crippen molar-refractivity contribution >= 4 is 49.1 Å². The summed E-state index contributed by atoms with van der Waals surface area (Å²) in [6.45, 7) is 0. The number of aromatic hydroxyl groups is 1. The van der Waals surface area contributed by atoms with Gasteiger partial charge in [0.05, 0.1) is 11.3 Å². The van der Waals surface area contributed by atoms with Gasteiger partial charge in [0.1, 0.15) is 5.75 Å². The summed E-state index contributed by atoms with van der Waals surface area (Å²) in [5, 5.41) is 12.3. The molecule has 2 aromatic rings. The number of nitrogens with one attached hydrogen (secondary N) is 1. The highest BCUT2D eigenvalue weighted by atomic mass is 79.9. The molecular formula is C13H10Br2N2O2. The van der Waals surface area contributed by atoms with Crippen LogP contribution in [0.15, 0.2) is 45.3 Å². The standard InChI is InChI=1S/C13H10Br2N2O2/c14-7-1-4-12(18)11(5-7)17-13(19)9-6-8(16)2-3-10(9)15/h1-6,18H,16H2,(H,17,19). The molecule has 0 fully saturated rings. The van der Waals surface area contributed by atoms with Crippen molar-refractivity contribution in [1.82, 2.24) is 0 Å². The van der Waals surface area contributed by atoms with Crippen LogP contribution >= 0.6 is 31.9 Å². The molecule has 0 aliphatic heterocycles. The number of carbonyl (C=O) groups excluding carboxylic acids is 1. The summed E-state index contributed by atoms with van der Waals surface area (Å²) in [5.74, 6) is -0.357. The first kappa shape index (κ1) is 13.9. The van der Waals surface area contributed by atoms with Crippen LogP contribution in [0.4, 0.5) is 11.4 Å². The summed E-state index contributed by atoms with van der Waals surface area (Å²) in [6, 6.07) is 9.75. The van der Waals surface area contributed by atoms with Crippen LogP contribution in [0.25, 0.3) is 0 Å². The highest BCUT2D eigenvalue weighted by Gasteiger charge is 2.12. The summed E-state index contributed by atoms with van der Waals surface area (Å²) in [6.07, 6.45) is 0. The predicted octanol–water partition coefficient (Wildman–Crippen LogP) is 3.75. The van der Waals surface area contributed by atoms with E-state index in [9.17, 15) is 9.90 Å². The van der Waals surface area contributed by atoms with Gasteiger partial charge in [-0.05, 0) is 52.3 Å². The van der Waals surface area contributed by atoms with Crippen molar-refractivity contribution in [3.8, 4) is 5.75 Å². The predicted molar refractivity (Wildman–Crippen MR) is 82.3 cm³/mol. The van der Waals surface area contributed by atoms with Crippen molar-refractivity contribution in [2.45, 2.75) is 0 Å². The number of nitrogen functional groups attached to an aromatic ring is 1. The fraction of sp³-hybridized carbons (Fsp3) is 0. The molecule has 0 saturated carbocycles. The van der Waals surface area contributed by atoms with Crippen molar-refractivity contribution in [3.05, 3.63) is 50.9 Å². The molecule has 0 radical (unpaired) electrons. The number of hydrogen-bond acceptors (Lipinski definition) is 3. The molecule has 0 aliphatic rings. The number of anilines is 2. The van der Waals surface area contributed by atoms with Crippen LogP contribution in [0.1, 0.15) is 10.4 Å². The second kappa shape index (κ2) is 5.63. The van der Waals surface area contributed by atoms with E-state index in [0.717, 1.165) is 4.47 Å². The van der Waals surface area contributed by atoms with Gasteiger partial charge in [0.15, 0.2) is 0 Å². The molecule has 0 unspecified atom stereocenters. The Hall–Kier alpha value is -1.53. The highest BCUT2D eigenvalue weighted by Crippen LogP contribution is 2.28. The zero-order valence-electron chi connectivity index (χ0n) is 9.65. The van der Waals surface area contributed by atoms with Crippen LogP contribution in [-0.4, -0.2) is 11.0 Å². The first-order valence-corrected chi connectivity index (χ1v) is 6.91. The van der Waals surface area contributed by atoms with Gasteiger partial charge in [-0.1, -0.05) is 15.9 Å². The minimum absolute atomic E-state index is 0.00317. The Morgan fingerprint density at radius 1 is 1.16 bits per heavy atom. The number of benzene rings is 2. The number of phenolic OH excluding ortho intramolecular Hbond substituents is 1. The Morgan fingerprint density at radius 3 is 2.63 bits per heavy atom. The van der Waals surface area contributed by atoms with Gasteiger partial charge in [0.2, 0.25) is 0 Å². The summed E-state index contributed by atoms with van der Waals surface area (Å²) in [7, 11) is 0. The van der Waals surface area contributed by atoms with Crippen LogP contribution in [0.2, 0.25) is 0 Å². The average Bonchev–Trinajstić information content (AvgIpc) is 2.36. The molecule has 4 N–H and O–H groups in total. The van der Waals surface area contributed by atoms with Crippen molar-refractivity contribution in [2.24, 2.45) is 0 Å². The molecule has 0 aliphatic carbocycles. The third-order valence-corrected chi connectivity index (χ3v) is 3.63. The van der Waals surface area contributed by atoms with Crippen molar-refractivity contribution in [2.75, 3.05) is 11.1 Å². The van der Waals surface area contributed by atoms with Gasteiger partial charge in [-0.2, -0.15) is 0 Å². The third kappa shape index (κ3) is 3.27. The second-order valence-electron chi connectivity index (χ2n) is 3.85. The van der Waals surface area contributed by atoms with Gasteiger partial charge in [-0.3, -0.25) is 4.79 Å². The average molecular weight is 386 g/mol. The molecule has 0 aromatic heterocycles. The molecule has 0 bridgehead atoms. The molecule has 1 amide bonds. The van der Waals surface area contributed by atoms with Crippen LogP contribution < -0.4 is 11.1 Å². The Balaban J connectivity index is 2.30. The van der Waals surface area contributed by atoms with Gasteiger partial charge in [0.25, 0.3) is 5.91 Å². The van der Waals surface area contributed by atoms with Gasteiger partial charge < -0.3 is 16.2 Å². The SMILES string of the molecule is Nc1ccc(Br)c(C(=O)Nc2cc(Br)ccc2O)c1. The summed E-state index contributed by atoms with van der Waals surface area (Å²) >= 11 is 6.57. The lowest BCUT2D eigenvalue weighted by Crippen LogP contribution is -2.13. The number of nitrogens with two attached hydrogens (primary N) is 1. The largest absolute Gasteiger partial charge is 0.506 e. The van der Waals surface area contributed by atoms with E-state index >= 15 is 0 Å². The first-order valence-electron chi connectivity index (χ1n) is 5.32. The van der Waals surface area contributed by atoms with Crippen LogP contribution in [0.5, 0.6) is 5.75 Å². The van der Waals surface area contributed by atoms with E-state index in [2.05, 4.69) is 37.2 Å². The number of rotatable bonds is 2. The maximum atomic E-state index is 12.1. The van der Waals surface area contributed by atoms with Crippen molar-refractivity contribution in [3.63, 3.8) is 0 Å². The summed E-state index contributed by atoms with van der Waals surface area (Å²) in [5.41, 5.74) is 6.88. The molecule has 2 aromatic carbocycles. The maximum absolute atomic E-state index is 12.1. The quantitative estimate of drug-likeness (QED) is 0.544. The van der Waals surface area contributed by atoms with Gasteiger partial charge in [0, 0.05) is 14.6 Å². The molecular weight excluding hydrogens is 376 g/mol. The third-order valence-electron chi connectivity index (χ3n) is 2.44. The molecule has 0 spiro atoms. The Kier molecular flexibility index (Phi) is 4.11.